The third-order valence-corrected chi connectivity index (χ3v) is 2.83. The van der Waals surface area contributed by atoms with Crippen molar-refractivity contribution in [1.82, 2.24) is 5.32 Å². The largest absolute Gasteiger partial charge is 0.409 e. The fourth-order valence-corrected chi connectivity index (χ4v) is 1.76. The van der Waals surface area contributed by atoms with E-state index in [1.807, 2.05) is 0 Å². The summed E-state index contributed by atoms with van der Waals surface area (Å²) in [6, 6.07) is 4.15. The first-order chi connectivity index (χ1) is 9.62. The first kappa shape index (κ1) is 16.4. The lowest BCUT2D eigenvalue weighted by molar-refractivity contribution is 0.0288. The van der Waals surface area contributed by atoms with Gasteiger partial charge in [0.1, 0.15) is 5.82 Å². The van der Waals surface area contributed by atoms with Gasteiger partial charge in [-0.3, -0.25) is 0 Å². The third kappa shape index (κ3) is 4.76. The number of benzene rings is 1. The average Bonchev–Trinajstić information content (AvgIpc) is 2.46. The number of hydrogen-bond donors (Lipinski definition) is 3. The molecule has 4 N–H and O–H groups in total. The Balaban J connectivity index is 2.68. The molecule has 6 nitrogen and oxygen atoms in total. The van der Waals surface area contributed by atoms with Gasteiger partial charge in [-0.2, -0.15) is 0 Å². The lowest BCUT2D eigenvalue weighted by atomic mass is 10.1. The van der Waals surface area contributed by atoms with Crippen LogP contribution in [-0.2, 0) is 16.0 Å². The van der Waals surface area contributed by atoms with E-state index in [0.717, 1.165) is 5.56 Å². The van der Waals surface area contributed by atoms with Crippen molar-refractivity contribution >= 4 is 5.84 Å². The van der Waals surface area contributed by atoms with Crippen LogP contribution >= 0.6 is 0 Å². The van der Waals surface area contributed by atoms with Crippen LogP contribution in [-0.4, -0.2) is 44.5 Å². The van der Waals surface area contributed by atoms with Crippen LogP contribution in [0, 0.1) is 5.82 Å². The normalized spacial score (nSPS) is 13.4. The molecule has 1 aromatic carbocycles. The van der Waals surface area contributed by atoms with Gasteiger partial charge in [0.15, 0.2) is 5.84 Å². The number of nitrogens with two attached hydrogens (primary N) is 1. The number of oxime groups is 1. The standard InChI is InChI=1S/C13H20FN3O3/c1-19-8-11(20-2)7-16-6-9-3-4-10(14)5-12(9)13(15)17-18/h3-5,11,16,18H,6-8H2,1-2H3,(H2,15,17). The maximum Gasteiger partial charge on any atom is 0.170 e. The highest BCUT2D eigenvalue weighted by molar-refractivity contribution is 5.98. The van der Waals surface area contributed by atoms with Crippen LogP contribution in [0.4, 0.5) is 4.39 Å². The number of halogens is 1. The molecular formula is C13H20FN3O3. The highest BCUT2D eigenvalue weighted by Gasteiger charge is 2.10. The van der Waals surface area contributed by atoms with Crippen molar-refractivity contribution in [2.24, 2.45) is 10.9 Å². The molecule has 0 aliphatic carbocycles. The number of nitrogens with one attached hydrogen (secondary N) is 1. The van der Waals surface area contributed by atoms with Crippen molar-refractivity contribution in [3.63, 3.8) is 0 Å². The van der Waals surface area contributed by atoms with Gasteiger partial charge in [0.05, 0.1) is 12.7 Å². The molecule has 1 aromatic rings. The summed E-state index contributed by atoms with van der Waals surface area (Å²) in [6.07, 6.45) is -0.0762. The van der Waals surface area contributed by atoms with E-state index >= 15 is 0 Å². The van der Waals surface area contributed by atoms with Crippen molar-refractivity contribution in [1.29, 1.82) is 0 Å². The Morgan fingerprint density at radius 1 is 1.50 bits per heavy atom. The smallest absolute Gasteiger partial charge is 0.170 e. The second-order valence-corrected chi connectivity index (χ2v) is 4.23. The first-order valence-electron chi connectivity index (χ1n) is 6.11. The van der Waals surface area contributed by atoms with Crippen LogP contribution in [0.15, 0.2) is 23.4 Å². The molecule has 1 rings (SSSR count). The molecule has 0 radical (unpaired) electrons. The first-order valence-corrected chi connectivity index (χ1v) is 6.11. The highest BCUT2D eigenvalue weighted by Crippen LogP contribution is 2.11. The van der Waals surface area contributed by atoms with Crippen LogP contribution < -0.4 is 11.1 Å². The minimum atomic E-state index is -0.440. The Kier molecular flexibility index (Phi) is 6.92. The van der Waals surface area contributed by atoms with Crippen molar-refractivity contribution < 1.29 is 19.1 Å². The Morgan fingerprint density at radius 2 is 2.25 bits per heavy atom. The summed E-state index contributed by atoms with van der Waals surface area (Å²) < 4.78 is 23.4. The molecule has 0 fully saturated rings. The zero-order chi connectivity index (χ0) is 15.0. The van der Waals surface area contributed by atoms with E-state index in [0.29, 0.717) is 25.3 Å². The molecule has 1 unspecified atom stereocenters. The topological polar surface area (TPSA) is 89.1 Å². The van der Waals surface area contributed by atoms with E-state index in [4.69, 9.17) is 20.4 Å². The maximum absolute atomic E-state index is 13.2. The maximum atomic E-state index is 13.2. The Hall–Kier alpha value is -1.70. The van der Waals surface area contributed by atoms with Gasteiger partial charge < -0.3 is 25.7 Å². The minimum absolute atomic E-state index is 0.0762. The summed E-state index contributed by atoms with van der Waals surface area (Å²) in [5, 5.41) is 14.8. The molecule has 0 saturated carbocycles. The molecule has 0 bridgehead atoms. The summed E-state index contributed by atoms with van der Waals surface area (Å²) in [7, 11) is 3.20. The molecule has 7 heteroatoms. The van der Waals surface area contributed by atoms with Gasteiger partial charge in [-0.25, -0.2) is 4.39 Å². The van der Waals surface area contributed by atoms with E-state index in [-0.39, 0.29) is 11.9 Å². The molecule has 0 spiro atoms. The van der Waals surface area contributed by atoms with Crippen molar-refractivity contribution in [3.8, 4) is 0 Å². The van der Waals surface area contributed by atoms with Crippen LogP contribution in [0.5, 0.6) is 0 Å². The molecule has 0 heterocycles. The fourth-order valence-electron chi connectivity index (χ4n) is 1.76. The van der Waals surface area contributed by atoms with E-state index in [1.54, 1.807) is 20.3 Å². The van der Waals surface area contributed by atoms with E-state index in [9.17, 15) is 4.39 Å². The fraction of sp³-hybridized carbons (Fsp3) is 0.462. The van der Waals surface area contributed by atoms with E-state index < -0.39 is 5.82 Å². The predicted octanol–water partition coefficient (Wildman–Crippen LogP) is 0.671. The van der Waals surface area contributed by atoms with Crippen LogP contribution in [0.1, 0.15) is 11.1 Å². The number of methoxy groups -OCH3 is 2. The monoisotopic (exact) mass is 285 g/mol. The number of hydrogen-bond acceptors (Lipinski definition) is 5. The molecule has 112 valence electrons. The molecule has 0 aliphatic heterocycles. The minimum Gasteiger partial charge on any atom is -0.409 e. The summed E-state index contributed by atoms with van der Waals surface area (Å²) in [5.41, 5.74) is 6.62. The van der Waals surface area contributed by atoms with Gasteiger partial charge in [-0.1, -0.05) is 11.2 Å². The Morgan fingerprint density at radius 3 is 2.85 bits per heavy atom. The van der Waals surface area contributed by atoms with E-state index in [1.165, 1.54) is 12.1 Å². The van der Waals surface area contributed by atoms with Crippen molar-refractivity contribution in [2.45, 2.75) is 12.6 Å². The quantitative estimate of drug-likeness (QED) is 0.283. The Labute approximate surface area is 117 Å². The number of nitrogens with zero attached hydrogens (tertiary/aromatic N) is 1. The number of ether oxygens (including phenoxy) is 2. The average molecular weight is 285 g/mol. The second-order valence-electron chi connectivity index (χ2n) is 4.23. The highest BCUT2D eigenvalue weighted by atomic mass is 19.1. The van der Waals surface area contributed by atoms with Crippen LogP contribution in [0.25, 0.3) is 0 Å². The lowest BCUT2D eigenvalue weighted by Gasteiger charge is -2.16. The van der Waals surface area contributed by atoms with E-state index in [2.05, 4.69) is 10.5 Å². The summed E-state index contributed by atoms with van der Waals surface area (Å²) >= 11 is 0. The molecule has 0 saturated heterocycles. The van der Waals surface area contributed by atoms with Crippen LogP contribution in [0.3, 0.4) is 0 Å². The SMILES string of the molecule is COCC(CNCc1ccc(F)cc1/C(N)=N/O)OC. The second kappa shape index (κ2) is 8.47. The van der Waals surface area contributed by atoms with Crippen molar-refractivity contribution in [3.05, 3.63) is 35.1 Å². The summed E-state index contributed by atoms with van der Waals surface area (Å²) in [5.74, 6) is -0.564. The van der Waals surface area contributed by atoms with Gasteiger partial charge in [0, 0.05) is 32.9 Å². The van der Waals surface area contributed by atoms with Gasteiger partial charge in [-0.05, 0) is 17.7 Å². The zero-order valence-electron chi connectivity index (χ0n) is 11.6. The lowest BCUT2D eigenvalue weighted by Crippen LogP contribution is -2.32. The molecule has 20 heavy (non-hydrogen) atoms. The summed E-state index contributed by atoms with van der Waals surface area (Å²) in [4.78, 5) is 0. The van der Waals surface area contributed by atoms with Crippen LogP contribution in [0.2, 0.25) is 0 Å². The number of rotatable bonds is 8. The van der Waals surface area contributed by atoms with Crippen molar-refractivity contribution in [2.75, 3.05) is 27.4 Å². The van der Waals surface area contributed by atoms with Gasteiger partial charge in [-0.15, -0.1) is 0 Å². The third-order valence-electron chi connectivity index (χ3n) is 2.83. The molecule has 1 atom stereocenters. The van der Waals surface area contributed by atoms with Gasteiger partial charge in [0.25, 0.3) is 0 Å². The summed E-state index contributed by atoms with van der Waals surface area (Å²) in [6.45, 7) is 1.48. The number of amidine groups is 1. The predicted molar refractivity (Wildman–Crippen MR) is 73.3 cm³/mol. The molecule has 0 aliphatic rings. The molecule has 0 amide bonds. The zero-order valence-corrected chi connectivity index (χ0v) is 11.6. The van der Waals surface area contributed by atoms with Gasteiger partial charge >= 0.3 is 0 Å². The molecular weight excluding hydrogens is 265 g/mol. The van der Waals surface area contributed by atoms with Gasteiger partial charge in [0.2, 0.25) is 0 Å². The molecule has 0 aromatic heterocycles. The Bertz CT molecular complexity index is 454.